The van der Waals surface area contributed by atoms with Gasteiger partial charge in [-0.05, 0) is 11.1 Å². The van der Waals surface area contributed by atoms with Gasteiger partial charge >= 0.3 is 5.97 Å². The van der Waals surface area contributed by atoms with Crippen molar-refractivity contribution >= 4 is 17.8 Å². The quantitative estimate of drug-likeness (QED) is 0.760. The van der Waals surface area contributed by atoms with Crippen molar-refractivity contribution in [1.82, 2.24) is 10.2 Å². The Morgan fingerprint density at radius 3 is 2.30 bits per heavy atom. The van der Waals surface area contributed by atoms with Crippen LogP contribution in [0, 0.1) is 5.92 Å². The van der Waals surface area contributed by atoms with Gasteiger partial charge in [0.25, 0.3) is 5.91 Å². The molecule has 1 saturated heterocycles. The number of hydrogen-bond donors (Lipinski definition) is 1. The zero-order valence-electron chi connectivity index (χ0n) is 15.0. The van der Waals surface area contributed by atoms with E-state index >= 15 is 0 Å². The Labute approximate surface area is 158 Å². The first-order valence-electron chi connectivity index (χ1n) is 8.91. The lowest BCUT2D eigenvalue weighted by Gasteiger charge is -2.16. The Kier molecular flexibility index (Phi) is 6.20. The van der Waals surface area contributed by atoms with Crippen LogP contribution >= 0.6 is 0 Å². The third-order valence-electron chi connectivity index (χ3n) is 4.44. The molecule has 1 N–H and O–H groups in total. The number of nitrogens with one attached hydrogen (secondary N) is 1. The normalized spacial score (nSPS) is 16.2. The van der Waals surface area contributed by atoms with Crippen LogP contribution in [-0.4, -0.2) is 35.8 Å². The summed E-state index contributed by atoms with van der Waals surface area (Å²) in [6.45, 7) is 0.832. The molecular weight excluding hydrogens is 344 g/mol. The van der Waals surface area contributed by atoms with E-state index in [0.717, 1.165) is 11.1 Å². The minimum atomic E-state index is -0.525. The van der Waals surface area contributed by atoms with Gasteiger partial charge in [0.05, 0.1) is 5.92 Å². The molecule has 1 atom stereocenters. The minimum absolute atomic E-state index is 0.0747. The summed E-state index contributed by atoms with van der Waals surface area (Å²) in [7, 11) is 0. The zero-order valence-corrected chi connectivity index (χ0v) is 15.0. The van der Waals surface area contributed by atoms with E-state index in [0.29, 0.717) is 19.6 Å². The van der Waals surface area contributed by atoms with Gasteiger partial charge < -0.3 is 15.0 Å². The van der Waals surface area contributed by atoms with Gasteiger partial charge in [0, 0.05) is 26.1 Å². The maximum absolute atomic E-state index is 12.2. The van der Waals surface area contributed by atoms with Crippen molar-refractivity contribution in [2.24, 2.45) is 5.92 Å². The van der Waals surface area contributed by atoms with Crippen LogP contribution in [0.3, 0.4) is 0 Å². The smallest absolute Gasteiger partial charge is 0.311 e. The second-order valence-electron chi connectivity index (χ2n) is 6.53. The molecule has 1 aliphatic rings. The van der Waals surface area contributed by atoms with Crippen molar-refractivity contribution in [3.63, 3.8) is 0 Å². The number of likely N-dealkylation sites (tertiary alicyclic amines) is 1. The van der Waals surface area contributed by atoms with Gasteiger partial charge in [-0.2, -0.15) is 0 Å². The van der Waals surface area contributed by atoms with Crippen molar-refractivity contribution in [1.29, 1.82) is 0 Å². The standard InChI is InChI=1S/C21H22N2O4/c24-19(22-12-16-7-3-1-4-8-16)15-27-21(26)18-11-20(25)23(14-18)13-17-9-5-2-6-10-17/h1-10,18H,11-15H2,(H,22,24)/t18-/m1/s1. The van der Waals surface area contributed by atoms with Gasteiger partial charge in [-0.25, -0.2) is 0 Å². The molecule has 0 spiro atoms. The fourth-order valence-corrected chi connectivity index (χ4v) is 2.99. The molecule has 1 heterocycles. The molecule has 6 heteroatoms. The van der Waals surface area contributed by atoms with Gasteiger partial charge in [0.2, 0.25) is 5.91 Å². The van der Waals surface area contributed by atoms with Crippen molar-refractivity contribution in [3.8, 4) is 0 Å². The Hall–Kier alpha value is -3.15. The first-order valence-corrected chi connectivity index (χ1v) is 8.91. The highest BCUT2D eigenvalue weighted by Gasteiger charge is 2.35. The number of esters is 1. The molecule has 0 bridgehead atoms. The summed E-state index contributed by atoms with van der Waals surface area (Å²) in [5.41, 5.74) is 1.98. The van der Waals surface area contributed by atoms with E-state index in [1.165, 1.54) is 0 Å². The first-order chi connectivity index (χ1) is 13.1. The topological polar surface area (TPSA) is 75.7 Å². The molecule has 3 rings (SSSR count). The lowest BCUT2D eigenvalue weighted by Crippen LogP contribution is -2.31. The molecule has 2 aromatic carbocycles. The second-order valence-corrected chi connectivity index (χ2v) is 6.53. The predicted molar refractivity (Wildman–Crippen MR) is 99.2 cm³/mol. The van der Waals surface area contributed by atoms with Crippen LogP contribution in [-0.2, 0) is 32.2 Å². The molecule has 1 fully saturated rings. The van der Waals surface area contributed by atoms with E-state index in [-0.39, 0.29) is 24.8 Å². The van der Waals surface area contributed by atoms with E-state index in [1.807, 2.05) is 60.7 Å². The predicted octanol–water partition coefficient (Wildman–Crippen LogP) is 1.89. The summed E-state index contributed by atoms with van der Waals surface area (Å²) in [4.78, 5) is 37.8. The number of rotatable bonds is 7. The van der Waals surface area contributed by atoms with Gasteiger partial charge in [-0.15, -0.1) is 0 Å². The summed E-state index contributed by atoms with van der Waals surface area (Å²) < 4.78 is 5.09. The van der Waals surface area contributed by atoms with Crippen LogP contribution in [0.2, 0.25) is 0 Å². The van der Waals surface area contributed by atoms with Gasteiger partial charge in [-0.3, -0.25) is 14.4 Å². The summed E-state index contributed by atoms with van der Waals surface area (Å²) >= 11 is 0. The van der Waals surface area contributed by atoms with Crippen LogP contribution in [0.5, 0.6) is 0 Å². The fraction of sp³-hybridized carbons (Fsp3) is 0.286. The Morgan fingerprint density at radius 2 is 1.63 bits per heavy atom. The third-order valence-corrected chi connectivity index (χ3v) is 4.44. The number of hydrogen-bond acceptors (Lipinski definition) is 4. The molecule has 0 aromatic heterocycles. The molecule has 140 valence electrons. The van der Waals surface area contributed by atoms with E-state index < -0.39 is 11.9 Å². The van der Waals surface area contributed by atoms with Gasteiger partial charge in [-0.1, -0.05) is 60.7 Å². The lowest BCUT2D eigenvalue weighted by molar-refractivity contribution is -0.152. The molecule has 0 saturated carbocycles. The molecular formula is C21H22N2O4. The molecule has 27 heavy (non-hydrogen) atoms. The molecule has 0 aliphatic carbocycles. The van der Waals surface area contributed by atoms with E-state index in [4.69, 9.17) is 4.74 Å². The lowest BCUT2D eigenvalue weighted by atomic mass is 10.1. The average molecular weight is 366 g/mol. The van der Waals surface area contributed by atoms with E-state index in [1.54, 1.807) is 4.90 Å². The Morgan fingerprint density at radius 1 is 1.00 bits per heavy atom. The van der Waals surface area contributed by atoms with Crippen molar-refractivity contribution in [2.75, 3.05) is 13.2 Å². The molecule has 6 nitrogen and oxygen atoms in total. The highest BCUT2D eigenvalue weighted by Crippen LogP contribution is 2.21. The number of amides is 2. The number of ether oxygens (including phenoxy) is 1. The van der Waals surface area contributed by atoms with Crippen molar-refractivity contribution in [3.05, 3.63) is 71.8 Å². The van der Waals surface area contributed by atoms with Crippen LogP contribution in [0.1, 0.15) is 17.5 Å². The van der Waals surface area contributed by atoms with Crippen LogP contribution in [0.4, 0.5) is 0 Å². The van der Waals surface area contributed by atoms with Crippen LogP contribution < -0.4 is 5.32 Å². The van der Waals surface area contributed by atoms with Crippen LogP contribution in [0.15, 0.2) is 60.7 Å². The second kappa shape index (κ2) is 8.98. The summed E-state index contributed by atoms with van der Waals surface area (Å²) in [6, 6.07) is 19.1. The molecule has 2 aromatic rings. The van der Waals surface area contributed by atoms with E-state index in [2.05, 4.69) is 5.32 Å². The highest BCUT2D eigenvalue weighted by atomic mass is 16.5. The Balaban J connectivity index is 1.41. The Bertz CT molecular complexity index is 792. The van der Waals surface area contributed by atoms with E-state index in [9.17, 15) is 14.4 Å². The number of benzene rings is 2. The fourth-order valence-electron chi connectivity index (χ4n) is 2.99. The zero-order chi connectivity index (χ0) is 19.1. The van der Waals surface area contributed by atoms with Crippen LogP contribution in [0.25, 0.3) is 0 Å². The number of carbonyl (C=O) groups is 3. The highest BCUT2D eigenvalue weighted by molar-refractivity contribution is 5.88. The monoisotopic (exact) mass is 366 g/mol. The average Bonchev–Trinajstić information content (AvgIpc) is 3.06. The van der Waals surface area contributed by atoms with Crippen molar-refractivity contribution in [2.45, 2.75) is 19.5 Å². The van der Waals surface area contributed by atoms with Crippen molar-refractivity contribution < 1.29 is 19.1 Å². The summed E-state index contributed by atoms with van der Waals surface area (Å²) in [6.07, 6.45) is 0.122. The largest absolute Gasteiger partial charge is 0.455 e. The summed E-state index contributed by atoms with van der Waals surface area (Å²) in [5.74, 6) is -1.47. The third kappa shape index (κ3) is 5.41. The number of nitrogens with zero attached hydrogens (tertiary/aromatic N) is 1. The summed E-state index contributed by atoms with van der Waals surface area (Å²) in [5, 5.41) is 2.70. The molecule has 0 radical (unpaired) electrons. The maximum Gasteiger partial charge on any atom is 0.311 e. The molecule has 1 aliphatic heterocycles. The SMILES string of the molecule is O=C(COC(=O)[C@@H]1CC(=O)N(Cc2ccccc2)C1)NCc1ccccc1. The van der Waals surface area contributed by atoms with Gasteiger partial charge in [0.15, 0.2) is 6.61 Å². The van der Waals surface area contributed by atoms with Gasteiger partial charge in [0.1, 0.15) is 0 Å². The molecule has 2 amide bonds. The minimum Gasteiger partial charge on any atom is -0.455 e. The number of carbonyl (C=O) groups excluding carboxylic acids is 3. The molecule has 0 unspecified atom stereocenters. The first kappa shape index (κ1) is 18.6. The maximum atomic E-state index is 12.2.